The van der Waals surface area contributed by atoms with Gasteiger partial charge in [0.05, 0.1) is 0 Å². The maximum atomic E-state index is 13.3. The summed E-state index contributed by atoms with van der Waals surface area (Å²) in [5, 5.41) is 3.57. The van der Waals surface area contributed by atoms with Crippen LogP contribution in [0.3, 0.4) is 0 Å². The molecule has 0 aliphatic carbocycles. The van der Waals surface area contributed by atoms with Crippen molar-refractivity contribution in [2.75, 3.05) is 13.1 Å². The second-order valence-corrected chi connectivity index (χ2v) is 6.60. The van der Waals surface area contributed by atoms with Gasteiger partial charge < -0.3 is 5.32 Å². The average Bonchev–Trinajstić information content (AvgIpc) is 2.43. The lowest BCUT2D eigenvalue weighted by Crippen LogP contribution is -2.27. The van der Waals surface area contributed by atoms with Crippen molar-refractivity contribution >= 4 is 0 Å². The summed E-state index contributed by atoms with van der Waals surface area (Å²) in [6, 6.07) is 7.07. The summed E-state index contributed by atoms with van der Waals surface area (Å²) < 4.78 is 13.3. The van der Waals surface area contributed by atoms with Crippen molar-refractivity contribution < 1.29 is 4.39 Å². The van der Waals surface area contributed by atoms with E-state index in [0.29, 0.717) is 11.8 Å². The van der Waals surface area contributed by atoms with E-state index in [-0.39, 0.29) is 5.82 Å². The molecular formula is C19H32FN. The van der Waals surface area contributed by atoms with Crippen LogP contribution in [0.4, 0.5) is 4.39 Å². The molecule has 120 valence electrons. The number of nitrogens with one attached hydrogen (secondary N) is 1. The van der Waals surface area contributed by atoms with E-state index < -0.39 is 0 Å². The third-order valence-electron chi connectivity index (χ3n) is 3.86. The minimum absolute atomic E-state index is 0.118. The third-order valence-corrected chi connectivity index (χ3v) is 3.86. The van der Waals surface area contributed by atoms with Crippen molar-refractivity contribution in [2.45, 2.75) is 59.3 Å². The average molecular weight is 293 g/mol. The Kier molecular flexibility index (Phi) is 9.32. The van der Waals surface area contributed by atoms with Crippen LogP contribution in [-0.2, 0) is 6.42 Å². The Morgan fingerprint density at radius 2 is 1.90 bits per heavy atom. The van der Waals surface area contributed by atoms with Gasteiger partial charge in [0.2, 0.25) is 0 Å². The fraction of sp³-hybridized carbons (Fsp3) is 0.684. The standard InChI is InChI=1S/C19H32FN/c1-4-5-6-7-9-18(15-21-14-16(2)3)12-17-10-8-11-19(20)13-17/h8,10-11,13,16,18,21H,4-7,9,12,14-15H2,1-3H3. The Morgan fingerprint density at radius 1 is 1.10 bits per heavy atom. The highest BCUT2D eigenvalue weighted by molar-refractivity contribution is 5.16. The molecule has 2 heteroatoms. The van der Waals surface area contributed by atoms with E-state index in [2.05, 4.69) is 26.1 Å². The normalized spacial score (nSPS) is 12.8. The largest absolute Gasteiger partial charge is 0.316 e. The summed E-state index contributed by atoms with van der Waals surface area (Å²) >= 11 is 0. The van der Waals surface area contributed by atoms with Gasteiger partial charge in [0.25, 0.3) is 0 Å². The minimum Gasteiger partial charge on any atom is -0.316 e. The van der Waals surface area contributed by atoms with Gasteiger partial charge >= 0.3 is 0 Å². The molecule has 1 aromatic carbocycles. The molecule has 1 atom stereocenters. The first kappa shape index (κ1) is 18.2. The Hall–Kier alpha value is -0.890. The maximum Gasteiger partial charge on any atom is 0.123 e. The van der Waals surface area contributed by atoms with E-state index in [1.54, 1.807) is 6.07 Å². The molecule has 1 N–H and O–H groups in total. The van der Waals surface area contributed by atoms with Crippen molar-refractivity contribution in [1.29, 1.82) is 0 Å². The van der Waals surface area contributed by atoms with Gasteiger partial charge in [-0.25, -0.2) is 4.39 Å². The number of hydrogen-bond donors (Lipinski definition) is 1. The maximum absolute atomic E-state index is 13.3. The molecule has 0 spiro atoms. The van der Waals surface area contributed by atoms with Gasteiger partial charge in [-0.05, 0) is 55.5 Å². The molecule has 21 heavy (non-hydrogen) atoms. The van der Waals surface area contributed by atoms with E-state index in [9.17, 15) is 4.39 Å². The van der Waals surface area contributed by atoms with Gasteiger partial charge in [-0.3, -0.25) is 0 Å². The molecule has 0 bridgehead atoms. The molecule has 0 saturated heterocycles. The van der Waals surface area contributed by atoms with Crippen LogP contribution in [0.25, 0.3) is 0 Å². The van der Waals surface area contributed by atoms with Crippen LogP contribution < -0.4 is 5.32 Å². The number of benzene rings is 1. The van der Waals surface area contributed by atoms with Crippen LogP contribution in [0.15, 0.2) is 24.3 Å². The van der Waals surface area contributed by atoms with Crippen molar-refractivity contribution in [1.82, 2.24) is 5.32 Å². The zero-order chi connectivity index (χ0) is 15.5. The Morgan fingerprint density at radius 3 is 2.57 bits per heavy atom. The molecule has 1 aromatic rings. The number of halogens is 1. The van der Waals surface area contributed by atoms with Crippen LogP contribution in [0, 0.1) is 17.7 Å². The molecule has 0 heterocycles. The summed E-state index contributed by atoms with van der Waals surface area (Å²) in [5.74, 6) is 1.18. The van der Waals surface area contributed by atoms with Gasteiger partial charge in [-0.1, -0.05) is 58.6 Å². The second kappa shape index (κ2) is 10.8. The highest BCUT2D eigenvalue weighted by Gasteiger charge is 2.10. The summed E-state index contributed by atoms with van der Waals surface area (Å²) in [5.41, 5.74) is 1.13. The highest BCUT2D eigenvalue weighted by atomic mass is 19.1. The Bertz CT molecular complexity index is 376. The van der Waals surface area contributed by atoms with E-state index in [0.717, 1.165) is 25.1 Å². The van der Waals surface area contributed by atoms with Crippen molar-refractivity contribution in [2.24, 2.45) is 11.8 Å². The Balaban J connectivity index is 2.45. The Labute approximate surface area is 130 Å². The zero-order valence-electron chi connectivity index (χ0n) is 14.0. The molecule has 0 saturated carbocycles. The molecule has 0 aliphatic heterocycles. The summed E-state index contributed by atoms with van der Waals surface area (Å²) in [7, 11) is 0. The predicted octanol–water partition coefficient (Wildman–Crippen LogP) is 5.20. The first-order chi connectivity index (χ1) is 10.1. The van der Waals surface area contributed by atoms with E-state index in [1.165, 1.54) is 38.2 Å². The topological polar surface area (TPSA) is 12.0 Å². The van der Waals surface area contributed by atoms with Crippen molar-refractivity contribution in [3.05, 3.63) is 35.6 Å². The van der Waals surface area contributed by atoms with E-state index in [4.69, 9.17) is 0 Å². The quantitative estimate of drug-likeness (QED) is 0.553. The lowest BCUT2D eigenvalue weighted by molar-refractivity contribution is 0.407. The lowest BCUT2D eigenvalue weighted by atomic mass is 9.93. The third kappa shape index (κ3) is 8.87. The molecular weight excluding hydrogens is 261 g/mol. The van der Waals surface area contributed by atoms with Crippen molar-refractivity contribution in [3.8, 4) is 0 Å². The summed E-state index contributed by atoms with van der Waals surface area (Å²) in [6.07, 6.45) is 7.43. The number of hydrogen-bond acceptors (Lipinski definition) is 1. The zero-order valence-corrected chi connectivity index (χ0v) is 14.0. The highest BCUT2D eigenvalue weighted by Crippen LogP contribution is 2.17. The van der Waals surface area contributed by atoms with Gasteiger partial charge in [0, 0.05) is 0 Å². The molecule has 1 rings (SSSR count). The fourth-order valence-electron chi connectivity index (χ4n) is 2.71. The van der Waals surface area contributed by atoms with Gasteiger partial charge in [0.1, 0.15) is 5.82 Å². The van der Waals surface area contributed by atoms with E-state index >= 15 is 0 Å². The smallest absolute Gasteiger partial charge is 0.123 e. The molecule has 1 nitrogen and oxygen atoms in total. The van der Waals surface area contributed by atoms with Gasteiger partial charge in [-0.2, -0.15) is 0 Å². The van der Waals surface area contributed by atoms with Crippen LogP contribution in [0.5, 0.6) is 0 Å². The predicted molar refractivity (Wildman–Crippen MR) is 90.1 cm³/mol. The molecule has 1 unspecified atom stereocenters. The molecule has 0 aromatic heterocycles. The monoisotopic (exact) mass is 293 g/mol. The summed E-state index contributed by atoms with van der Waals surface area (Å²) in [6.45, 7) is 8.81. The van der Waals surface area contributed by atoms with Gasteiger partial charge in [0.15, 0.2) is 0 Å². The van der Waals surface area contributed by atoms with Crippen LogP contribution in [0.1, 0.15) is 58.4 Å². The van der Waals surface area contributed by atoms with E-state index in [1.807, 2.05) is 12.1 Å². The van der Waals surface area contributed by atoms with Crippen molar-refractivity contribution in [3.63, 3.8) is 0 Å². The number of rotatable bonds is 11. The molecule has 0 radical (unpaired) electrons. The van der Waals surface area contributed by atoms with Gasteiger partial charge in [-0.15, -0.1) is 0 Å². The van der Waals surface area contributed by atoms with Crippen LogP contribution in [0.2, 0.25) is 0 Å². The van der Waals surface area contributed by atoms with Crippen LogP contribution in [-0.4, -0.2) is 13.1 Å². The lowest BCUT2D eigenvalue weighted by Gasteiger charge is -2.19. The second-order valence-electron chi connectivity index (χ2n) is 6.60. The minimum atomic E-state index is -0.118. The SMILES string of the molecule is CCCCCCC(CNCC(C)C)Cc1cccc(F)c1. The molecule has 0 aliphatic rings. The first-order valence-corrected chi connectivity index (χ1v) is 8.57. The van der Waals surface area contributed by atoms with Crippen LogP contribution >= 0.6 is 0 Å². The molecule has 0 fully saturated rings. The number of unbranched alkanes of at least 4 members (excludes halogenated alkanes) is 3. The fourth-order valence-corrected chi connectivity index (χ4v) is 2.71. The molecule has 0 amide bonds. The summed E-state index contributed by atoms with van der Waals surface area (Å²) in [4.78, 5) is 0. The first-order valence-electron chi connectivity index (χ1n) is 8.57.